The third-order valence-corrected chi connectivity index (χ3v) is 5.51. The van der Waals surface area contributed by atoms with Crippen molar-refractivity contribution in [1.29, 1.82) is 0 Å². The molecule has 0 saturated carbocycles. The Morgan fingerprint density at radius 1 is 1.27 bits per heavy atom. The number of carbonyl (C=O) groups excluding carboxylic acids is 1. The van der Waals surface area contributed by atoms with Crippen molar-refractivity contribution in [3.8, 4) is 11.4 Å². The molecule has 0 N–H and O–H groups in total. The molecule has 3 aromatic rings. The highest BCUT2D eigenvalue weighted by Crippen LogP contribution is 2.30. The number of benzene rings is 1. The third kappa shape index (κ3) is 4.57. The molecule has 1 fully saturated rings. The van der Waals surface area contributed by atoms with Crippen molar-refractivity contribution in [1.82, 2.24) is 19.4 Å². The minimum atomic E-state index is -0.935. The summed E-state index contributed by atoms with van der Waals surface area (Å²) >= 11 is 0. The summed E-state index contributed by atoms with van der Waals surface area (Å²) in [6, 6.07) is 7.24. The number of pyridine rings is 1. The summed E-state index contributed by atoms with van der Waals surface area (Å²) in [7, 11) is 1.57. The molecule has 2 aromatic heterocycles. The predicted molar refractivity (Wildman–Crippen MR) is 118 cm³/mol. The van der Waals surface area contributed by atoms with E-state index in [1.807, 2.05) is 36.7 Å². The van der Waals surface area contributed by atoms with E-state index in [2.05, 4.69) is 9.97 Å². The lowest BCUT2D eigenvalue weighted by Gasteiger charge is -2.37. The average molecular weight is 454 g/mol. The second kappa shape index (κ2) is 9.01. The second-order valence-corrected chi connectivity index (χ2v) is 7.94. The molecular formula is C24H24F2N4O3. The maximum absolute atomic E-state index is 14.2. The molecule has 0 spiro atoms. The van der Waals surface area contributed by atoms with Gasteiger partial charge in [0.15, 0.2) is 5.76 Å². The van der Waals surface area contributed by atoms with Gasteiger partial charge in [0.2, 0.25) is 11.9 Å². The van der Waals surface area contributed by atoms with Gasteiger partial charge in [0.1, 0.15) is 11.9 Å². The van der Waals surface area contributed by atoms with Crippen LogP contribution in [0.15, 0.2) is 48.6 Å². The Bertz CT molecular complexity index is 1220. The van der Waals surface area contributed by atoms with Gasteiger partial charge in [-0.05, 0) is 56.7 Å². The number of rotatable bonds is 5. The van der Waals surface area contributed by atoms with E-state index < -0.39 is 23.8 Å². The van der Waals surface area contributed by atoms with E-state index in [4.69, 9.17) is 9.47 Å². The van der Waals surface area contributed by atoms with Crippen LogP contribution in [-0.4, -0.2) is 45.1 Å². The van der Waals surface area contributed by atoms with Crippen molar-refractivity contribution in [2.45, 2.75) is 32.9 Å². The van der Waals surface area contributed by atoms with Crippen LogP contribution < -0.4 is 4.74 Å². The lowest BCUT2D eigenvalue weighted by Crippen LogP contribution is -2.45. The highest BCUT2D eigenvalue weighted by atomic mass is 19.1. The van der Waals surface area contributed by atoms with Gasteiger partial charge < -0.3 is 18.9 Å². The molecular weight excluding hydrogens is 430 g/mol. The molecule has 0 bridgehead atoms. The molecule has 4 rings (SSSR count). The number of amides is 1. The molecule has 1 aromatic carbocycles. The van der Waals surface area contributed by atoms with E-state index in [1.54, 1.807) is 32.5 Å². The van der Waals surface area contributed by atoms with Crippen molar-refractivity contribution < 1.29 is 23.0 Å². The second-order valence-electron chi connectivity index (χ2n) is 7.94. The van der Waals surface area contributed by atoms with E-state index >= 15 is 0 Å². The first-order valence-corrected chi connectivity index (χ1v) is 10.5. The van der Waals surface area contributed by atoms with Crippen LogP contribution in [0.5, 0.6) is 5.75 Å². The van der Waals surface area contributed by atoms with E-state index in [-0.39, 0.29) is 24.0 Å². The van der Waals surface area contributed by atoms with Crippen LogP contribution in [0.4, 0.5) is 8.78 Å². The number of methoxy groups -OCH3 is 1. The van der Waals surface area contributed by atoms with Crippen LogP contribution in [0.1, 0.15) is 36.7 Å². The van der Waals surface area contributed by atoms with Crippen LogP contribution in [0.2, 0.25) is 0 Å². The fourth-order valence-electron chi connectivity index (χ4n) is 3.84. The molecule has 172 valence electrons. The van der Waals surface area contributed by atoms with Crippen LogP contribution in [0.25, 0.3) is 11.8 Å². The summed E-state index contributed by atoms with van der Waals surface area (Å²) in [5.74, 6) is -1.51. The molecule has 33 heavy (non-hydrogen) atoms. The van der Waals surface area contributed by atoms with Gasteiger partial charge in [-0.2, -0.15) is 13.8 Å². The fraction of sp³-hybridized carbons (Fsp3) is 0.292. The summed E-state index contributed by atoms with van der Waals surface area (Å²) in [6.45, 7) is 5.66. The topological polar surface area (TPSA) is 69.5 Å². The van der Waals surface area contributed by atoms with Crippen molar-refractivity contribution in [3.05, 3.63) is 77.3 Å². The molecule has 3 heterocycles. The number of aryl methyl sites for hydroxylation is 1. The molecule has 7 nitrogen and oxygen atoms in total. The van der Waals surface area contributed by atoms with Gasteiger partial charge in [-0.1, -0.05) is 6.07 Å². The molecule has 0 unspecified atom stereocenters. The molecule has 0 aliphatic carbocycles. The quantitative estimate of drug-likeness (QED) is 0.427. The number of carbonyl (C=O) groups is 1. The van der Waals surface area contributed by atoms with Crippen molar-refractivity contribution in [2.75, 3.05) is 13.7 Å². The summed E-state index contributed by atoms with van der Waals surface area (Å²) in [6.07, 6.45) is 4.89. The van der Waals surface area contributed by atoms with Gasteiger partial charge in [0.05, 0.1) is 37.4 Å². The Morgan fingerprint density at radius 3 is 2.73 bits per heavy atom. The molecule has 1 saturated heterocycles. The van der Waals surface area contributed by atoms with Gasteiger partial charge in [-0.25, -0.2) is 4.98 Å². The molecule has 1 amide bonds. The van der Waals surface area contributed by atoms with Crippen molar-refractivity contribution in [3.63, 3.8) is 0 Å². The van der Waals surface area contributed by atoms with Crippen LogP contribution >= 0.6 is 0 Å². The van der Waals surface area contributed by atoms with E-state index in [0.29, 0.717) is 11.3 Å². The Morgan fingerprint density at radius 2 is 2.06 bits per heavy atom. The summed E-state index contributed by atoms with van der Waals surface area (Å²) < 4.78 is 40.6. The zero-order chi connectivity index (χ0) is 23.7. The fourth-order valence-corrected chi connectivity index (χ4v) is 3.84. The van der Waals surface area contributed by atoms with E-state index in [0.717, 1.165) is 17.4 Å². The minimum Gasteiger partial charge on any atom is -0.495 e. The monoisotopic (exact) mass is 454 g/mol. The number of halogens is 2. The maximum Gasteiger partial charge on any atom is 0.289 e. The minimum absolute atomic E-state index is 0.129. The number of ether oxygens (including phenoxy) is 2. The van der Waals surface area contributed by atoms with Gasteiger partial charge in [-0.15, -0.1) is 0 Å². The zero-order valence-electron chi connectivity index (χ0n) is 18.8. The maximum atomic E-state index is 14.2. The van der Waals surface area contributed by atoms with Crippen LogP contribution in [0, 0.1) is 18.8 Å². The number of aromatic nitrogens is 3. The van der Waals surface area contributed by atoms with Gasteiger partial charge >= 0.3 is 0 Å². The number of imidazole rings is 1. The molecule has 2 atom stereocenters. The molecule has 1 aliphatic rings. The Hall–Kier alpha value is -3.75. The largest absolute Gasteiger partial charge is 0.495 e. The average Bonchev–Trinajstić information content (AvgIpc) is 3.21. The highest BCUT2D eigenvalue weighted by Gasteiger charge is 2.34. The van der Waals surface area contributed by atoms with Gasteiger partial charge in [-0.3, -0.25) is 4.79 Å². The van der Waals surface area contributed by atoms with Crippen LogP contribution in [-0.2, 0) is 9.53 Å². The highest BCUT2D eigenvalue weighted by molar-refractivity contribution is 5.96. The lowest BCUT2D eigenvalue weighted by molar-refractivity contribution is -0.141. The normalized spacial score (nSPS) is 18.4. The van der Waals surface area contributed by atoms with E-state index in [1.165, 1.54) is 11.0 Å². The lowest BCUT2D eigenvalue weighted by atomic mass is 10.1. The molecule has 9 heteroatoms. The third-order valence-electron chi connectivity index (χ3n) is 5.51. The Balaban J connectivity index is 1.64. The molecule has 0 radical (unpaired) electrons. The van der Waals surface area contributed by atoms with Crippen LogP contribution in [0.3, 0.4) is 0 Å². The smallest absolute Gasteiger partial charge is 0.289 e. The molecule has 1 aliphatic heterocycles. The summed E-state index contributed by atoms with van der Waals surface area (Å²) in [5, 5.41) is 0. The van der Waals surface area contributed by atoms with E-state index in [9.17, 15) is 13.6 Å². The van der Waals surface area contributed by atoms with Crippen molar-refractivity contribution >= 4 is 12.0 Å². The van der Waals surface area contributed by atoms with Gasteiger partial charge in [0.25, 0.3) is 5.91 Å². The number of hydrogen-bond acceptors (Lipinski definition) is 5. The summed E-state index contributed by atoms with van der Waals surface area (Å²) in [5.41, 5.74) is 2.52. The first kappa shape index (κ1) is 22.4. The van der Waals surface area contributed by atoms with Crippen molar-refractivity contribution in [2.24, 2.45) is 0 Å². The predicted octanol–water partition coefficient (Wildman–Crippen LogP) is 4.21. The Labute approximate surface area is 190 Å². The number of hydrogen-bond donors (Lipinski definition) is 0. The standard InChI is InChI=1S/C24H24F2N4O3/c1-14-11-29(13-27-14)19-7-5-17(9-20(19)32-4)10-21-24(31)30(12-15(2)33-21)16(3)18-6-8-22(25)28-23(18)26/h5-11,13,15-16H,12H2,1-4H3/t15-,16-/m0/s1. The summed E-state index contributed by atoms with van der Waals surface area (Å²) in [4.78, 5) is 22.2. The van der Waals surface area contributed by atoms with Gasteiger partial charge in [0, 0.05) is 11.8 Å². The number of morpholine rings is 1. The first-order valence-electron chi connectivity index (χ1n) is 10.5. The Kier molecular flexibility index (Phi) is 6.13. The number of nitrogens with zero attached hydrogens (tertiary/aromatic N) is 4. The SMILES string of the molecule is COc1cc(C=C2O[C@@H](C)CN([C@@H](C)c3ccc(F)nc3F)C2=O)ccc1-n1cnc(C)c1. The zero-order valence-corrected chi connectivity index (χ0v) is 18.8. The first-order chi connectivity index (χ1) is 15.8.